The minimum Gasteiger partial charge on any atom is -0.465 e. The van der Waals surface area contributed by atoms with Crippen LogP contribution in [0.15, 0.2) is 71.4 Å². The second-order valence-corrected chi connectivity index (χ2v) is 23.8. The number of carbonyl (C=O) groups is 13. The molecule has 0 saturated carbocycles. The van der Waals surface area contributed by atoms with E-state index in [9.17, 15) is 67.4 Å². The van der Waals surface area contributed by atoms with Gasteiger partial charge in [0.1, 0.15) is 36.2 Å². The number of hydrogen-bond donors (Lipinski definition) is 4. The lowest BCUT2D eigenvalue weighted by atomic mass is 9.90. The number of unbranched alkanes of at least 4 members (excludes halogenated alkanes) is 4. The zero-order chi connectivity index (χ0) is 67.4. The van der Waals surface area contributed by atoms with Crippen LogP contribution in [0.1, 0.15) is 173 Å². The van der Waals surface area contributed by atoms with Crippen molar-refractivity contribution in [3.05, 3.63) is 71.4 Å². The first-order chi connectivity index (χ1) is 42.5. The molecule has 8 amide bonds. The average molecular weight is 1260 g/mol. The first-order valence-electron chi connectivity index (χ1n) is 31.2. The molecule has 3 aliphatic rings. The molecule has 4 N–H and O–H groups in total. The van der Waals surface area contributed by atoms with Gasteiger partial charge in [-0.3, -0.25) is 53.3 Å². The number of rotatable bonds is 27. The third kappa shape index (κ3) is 26.0. The van der Waals surface area contributed by atoms with Crippen LogP contribution in [0.25, 0.3) is 0 Å². The third-order valence-electron chi connectivity index (χ3n) is 15.8. The summed E-state index contributed by atoms with van der Waals surface area (Å²) in [7, 11) is 0. The Kier molecular flexibility index (Phi) is 32.9. The predicted molar refractivity (Wildman–Crippen MR) is 329 cm³/mol. The van der Waals surface area contributed by atoms with Gasteiger partial charge in [-0.15, -0.1) is 0 Å². The van der Waals surface area contributed by atoms with Crippen LogP contribution < -0.4 is 16.0 Å². The molecule has 0 radical (unpaired) electrons. The van der Waals surface area contributed by atoms with Crippen LogP contribution in [-0.4, -0.2) is 160 Å². The summed E-state index contributed by atoms with van der Waals surface area (Å²) < 4.78 is 29.0. The molecule has 0 aromatic rings. The monoisotopic (exact) mass is 1260 g/mol. The fourth-order valence-electron chi connectivity index (χ4n) is 10.4. The number of aliphatic hydroxyl groups excluding tert-OH is 1. The Morgan fingerprint density at radius 2 is 1.51 bits per heavy atom. The molecule has 3 heterocycles. The number of Topliss-reactive ketones (excluding diaryl/α,β-unsaturated/α-hetero) is 1. The number of fused-ring (bicyclic) bond motifs is 1. The van der Waals surface area contributed by atoms with E-state index >= 15 is 0 Å². The van der Waals surface area contributed by atoms with E-state index in [0.717, 1.165) is 74.8 Å². The highest BCUT2D eigenvalue weighted by Gasteiger charge is 2.54. The van der Waals surface area contributed by atoms with E-state index in [0.29, 0.717) is 53.7 Å². The van der Waals surface area contributed by atoms with Crippen LogP contribution in [0.4, 0.5) is 4.79 Å². The van der Waals surface area contributed by atoms with E-state index in [1.54, 1.807) is 47.6 Å². The number of amides is 8. The number of esters is 3. The molecule has 13 atom stereocenters. The molecule has 2 fully saturated rings. The lowest BCUT2D eigenvalue weighted by Gasteiger charge is -2.36. The maximum Gasteiger partial charge on any atom is 0.414 e. The van der Waals surface area contributed by atoms with Crippen LogP contribution in [0.3, 0.4) is 0 Å². The largest absolute Gasteiger partial charge is 0.465 e. The van der Waals surface area contributed by atoms with Crippen molar-refractivity contribution in [2.45, 2.75) is 228 Å². The van der Waals surface area contributed by atoms with Crippen LogP contribution in [0, 0.1) is 23.7 Å². The number of hydrogen-bond acceptors (Lipinski definition) is 19. The Balaban J connectivity index is 2.03. The van der Waals surface area contributed by atoms with E-state index in [1.165, 1.54) is 18.2 Å². The van der Waals surface area contributed by atoms with Crippen molar-refractivity contribution in [3.8, 4) is 0 Å². The van der Waals surface area contributed by atoms with Crippen molar-refractivity contribution in [1.82, 2.24) is 25.8 Å². The predicted octanol–water partition coefficient (Wildman–Crippen LogP) is 6.56. The summed E-state index contributed by atoms with van der Waals surface area (Å²) in [6.07, 6.45) is 6.95. The van der Waals surface area contributed by atoms with Crippen molar-refractivity contribution in [2.75, 3.05) is 13.2 Å². The normalized spacial score (nSPS) is 24.4. The fourth-order valence-corrected chi connectivity index (χ4v) is 10.4. The van der Waals surface area contributed by atoms with Gasteiger partial charge in [0.25, 0.3) is 11.8 Å². The van der Waals surface area contributed by atoms with Gasteiger partial charge in [-0.2, -0.15) is 0 Å². The zero-order valence-electron chi connectivity index (χ0n) is 54.3. The van der Waals surface area contributed by atoms with E-state index in [-0.39, 0.29) is 56.5 Å². The number of ether oxygens (including phenoxy) is 5. The maximum atomic E-state index is 14.1. The molecule has 24 heteroatoms. The highest BCUT2D eigenvalue weighted by Crippen LogP contribution is 2.36. The van der Waals surface area contributed by atoms with Crippen LogP contribution in [0.5, 0.6) is 0 Å². The van der Waals surface area contributed by atoms with Crippen LogP contribution >= 0.6 is 0 Å². The molecule has 2 saturated heterocycles. The first-order valence-corrected chi connectivity index (χ1v) is 31.2. The maximum absolute atomic E-state index is 14.1. The van der Waals surface area contributed by atoms with Crippen molar-refractivity contribution >= 4 is 77.4 Å². The molecule has 3 rings (SSSR count). The minimum atomic E-state index is -2.07. The van der Waals surface area contributed by atoms with Crippen molar-refractivity contribution < 1.29 is 91.1 Å². The molecule has 13 unspecified atom stereocenters. The Morgan fingerprint density at radius 1 is 0.856 bits per heavy atom. The Bertz CT molecular complexity index is 2760. The summed E-state index contributed by atoms with van der Waals surface area (Å²) in [6, 6.07) is -3.63. The number of cyclic esters (lactones) is 2. The Labute approximate surface area is 528 Å². The standard InChI is InChI=1S/C66H95N5O19/c1-13-16-17-18-19-26-56(80)86-30-23-22-24-49(60(82)62-63(90-66(85)67-46(11)73)61-51(87-61)29-28-39(4)35-55(79)71(47(12)74)54(78)25-20-21-27-57(81)89-62)70(38-72)37-48(75)33-41(6)31-40(5)32-42(7)34-52-45(10)50(76)36-53(77)68-58(43(8)14-2)64(83)69-59(44(9)15-3)65(84)88-52/h20-22,24-25,27,33-35,38,40,43-45,49,51-52,58-63,82H,13-19,23,26,28-32,36-37H2,1-12H3,(H,68,77)(H,69,83)(H,67,73,85). The smallest absolute Gasteiger partial charge is 0.414 e. The molecular weight excluding hydrogens is 1170 g/mol. The molecule has 90 heavy (non-hydrogen) atoms. The van der Waals surface area contributed by atoms with Crippen LogP contribution in [0.2, 0.25) is 0 Å². The quantitative estimate of drug-likeness (QED) is 0.00778. The van der Waals surface area contributed by atoms with Gasteiger partial charge in [0.15, 0.2) is 18.0 Å². The fraction of sp³-hybridized carbons (Fsp3) is 0.621. The SMILES string of the molecule is CCCCCCCC(=O)OCCC=CC(C(O)C1OC(=O)C=CC=CC(=O)N(C(C)=O)C(=O)C=C(C)CCC2OC2C1OC(=O)NC(C)=O)N(C=O)CC(=O)C=C(C)CC(C)CC(C)=CC1OC(=O)C(C(C)CC)NC(=O)C(C(C)CC)NC(=O)CC(=O)C1C. The number of nitrogens with one attached hydrogen (secondary N) is 3. The highest BCUT2D eigenvalue weighted by atomic mass is 16.7. The van der Waals surface area contributed by atoms with E-state index < -0.39 is 145 Å². The summed E-state index contributed by atoms with van der Waals surface area (Å²) >= 11 is 0. The van der Waals surface area contributed by atoms with Gasteiger partial charge >= 0.3 is 24.0 Å². The highest BCUT2D eigenvalue weighted by molar-refractivity contribution is 6.16. The molecule has 0 bridgehead atoms. The number of alkyl carbamates (subject to hydrolysis) is 1. The Hall–Kier alpha value is -7.73. The lowest BCUT2D eigenvalue weighted by molar-refractivity contribution is -0.164. The molecule has 498 valence electrons. The first kappa shape index (κ1) is 76.5. The molecule has 0 aromatic carbocycles. The van der Waals surface area contributed by atoms with Crippen molar-refractivity contribution in [1.29, 1.82) is 0 Å². The van der Waals surface area contributed by atoms with Crippen molar-refractivity contribution in [3.63, 3.8) is 0 Å². The second kappa shape index (κ2) is 38.7. The van der Waals surface area contributed by atoms with Crippen LogP contribution in [-0.2, 0) is 81.2 Å². The van der Waals surface area contributed by atoms with Gasteiger partial charge in [0.2, 0.25) is 30.0 Å². The van der Waals surface area contributed by atoms with Crippen molar-refractivity contribution in [2.24, 2.45) is 23.7 Å². The molecule has 24 nitrogen and oxygen atoms in total. The third-order valence-corrected chi connectivity index (χ3v) is 15.8. The number of epoxide rings is 1. The summed E-state index contributed by atoms with van der Waals surface area (Å²) in [5.74, 6) is -10.1. The number of imide groups is 4. The number of aliphatic hydroxyl groups is 1. The summed E-state index contributed by atoms with van der Waals surface area (Å²) in [5.41, 5.74) is 1.69. The van der Waals surface area contributed by atoms with E-state index in [4.69, 9.17) is 23.7 Å². The van der Waals surface area contributed by atoms with Gasteiger partial charge in [0.05, 0.1) is 37.6 Å². The van der Waals surface area contributed by atoms with Gasteiger partial charge in [-0.05, 0) is 89.2 Å². The van der Waals surface area contributed by atoms with Gasteiger partial charge < -0.3 is 44.3 Å². The molecule has 0 aliphatic carbocycles. The number of allylic oxidation sites excluding steroid dienone is 5. The van der Waals surface area contributed by atoms with Gasteiger partial charge in [-0.1, -0.05) is 128 Å². The average Bonchev–Trinajstić information content (AvgIpc) is 1.85. The molecular formula is C66H95N5O19. The summed E-state index contributed by atoms with van der Waals surface area (Å²) in [5, 5.41) is 20.1. The van der Waals surface area contributed by atoms with E-state index in [2.05, 4.69) is 17.6 Å². The molecule has 3 aliphatic heterocycles. The molecule has 0 spiro atoms. The number of ketones is 2. The number of nitrogens with zero attached hydrogens (tertiary/aromatic N) is 2. The van der Waals surface area contributed by atoms with Gasteiger partial charge in [-0.25, -0.2) is 19.3 Å². The summed E-state index contributed by atoms with van der Waals surface area (Å²) in [4.78, 5) is 173. The van der Waals surface area contributed by atoms with Gasteiger partial charge in [0, 0.05) is 38.5 Å². The number of carbonyl (C=O) groups excluding carboxylic acids is 13. The Morgan fingerprint density at radius 3 is 2.16 bits per heavy atom. The second-order valence-electron chi connectivity index (χ2n) is 23.8. The van der Waals surface area contributed by atoms with E-state index in [1.807, 2.05) is 26.1 Å². The zero-order valence-corrected chi connectivity index (χ0v) is 54.3. The minimum absolute atomic E-state index is 0.0465. The molecule has 0 aromatic heterocycles. The lowest BCUT2D eigenvalue weighted by Crippen LogP contribution is -2.57. The summed E-state index contributed by atoms with van der Waals surface area (Å²) in [6.45, 7) is 19.2. The topological polar surface area (TPSA) is 334 Å².